The summed E-state index contributed by atoms with van der Waals surface area (Å²) >= 11 is 0. The molecule has 0 unspecified atom stereocenters. The lowest BCUT2D eigenvalue weighted by Gasteiger charge is -2.14. The van der Waals surface area contributed by atoms with E-state index in [0.29, 0.717) is 11.1 Å². The van der Waals surface area contributed by atoms with Gasteiger partial charge in [0.15, 0.2) is 0 Å². The average Bonchev–Trinajstić information content (AvgIpc) is 2.37. The Morgan fingerprint density at radius 3 is 2.29 bits per heavy atom. The molecule has 0 spiro atoms. The van der Waals surface area contributed by atoms with Crippen LogP contribution in [-0.2, 0) is 0 Å². The van der Waals surface area contributed by atoms with Gasteiger partial charge >= 0.3 is 12.3 Å². The molecule has 110 valence electrons. The van der Waals surface area contributed by atoms with E-state index in [1.165, 1.54) is 6.07 Å². The van der Waals surface area contributed by atoms with Gasteiger partial charge in [-0.3, -0.25) is 0 Å². The summed E-state index contributed by atoms with van der Waals surface area (Å²) in [5, 5.41) is 9.08. The lowest BCUT2D eigenvalue weighted by molar-refractivity contribution is -0.274. The van der Waals surface area contributed by atoms with E-state index < -0.39 is 23.6 Å². The van der Waals surface area contributed by atoms with Gasteiger partial charge in [0.1, 0.15) is 11.3 Å². The number of carbonyl (C=O) groups is 1. The van der Waals surface area contributed by atoms with Crippen molar-refractivity contribution in [3.63, 3.8) is 0 Å². The Morgan fingerprint density at radius 1 is 1.14 bits per heavy atom. The van der Waals surface area contributed by atoms with Crippen LogP contribution in [0.4, 0.5) is 13.2 Å². The third kappa shape index (κ3) is 3.53. The van der Waals surface area contributed by atoms with Gasteiger partial charge in [0.2, 0.25) is 0 Å². The lowest BCUT2D eigenvalue weighted by Crippen LogP contribution is -2.19. The first kappa shape index (κ1) is 14.9. The number of aromatic carboxylic acids is 1. The van der Waals surface area contributed by atoms with E-state index in [0.717, 1.165) is 11.6 Å². The number of alkyl halides is 3. The summed E-state index contributed by atoms with van der Waals surface area (Å²) in [5.41, 5.74) is 1.22. The Kier molecular flexibility index (Phi) is 3.88. The first-order chi connectivity index (χ1) is 9.78. The van der Waals surface area contributed by atoms with Crippen LogP contribution in [0.1, 0.15) is 15.9 Å². The second-order valence-corrected chi connectivity index (χ2v) is 4.38. The van der Waals surface area contributed by atoms with E-state index >= 15 is 0 Å². The summed E-state index contributed by atoms with van der Waals surface area (Å²) in [6, 6.07) is 11.1. The highest BCUT2D eigenvalue weighted by Crippen LogP contribution is 2.33. The van der Waals surface area contributed by atoms with Crippen molar-refractivity contribution >= 4 is 5.97 Å². The fourth-order valence-corrected chi connectivity index (χ4v) is 1.99. The van der Waals surface area contributed by atoms with E-state index in [9.17, 15) is 18.0 Å². The molecule has 3 nitrogen and oxygen atoms in total. The average molecular weight is 296 g/mol. The van der Waals surface area contributed by atoms with Gasteiger partial charge in [-0.1, -0.05) is 30.3 Å². The van der Waals surface area contributed by atoms with Crippen molar-refractivity contribution in [1.29, 1.82) is 0 Å². The molecule has 2 aromatic carbocycles. The zero-order chi connectivity index (χ0) is 15.6. The highest BCUT2D eigenvalue weighted by molar-refractivity contribution is 5.93. The molecule has 0 saturated heterocycles. The Hall–Kier alpha value is -2.50. The van der Waals surface area contributed by atoms with Crippen LogP contribution in [0.3, 0.4) is 0 Å². The number of carboxylic acids is 1. The number of rotatable bonds is 3. The number of hydrogen-bond donors (Lipinski definition) is 1. The van der Waals surface area contributed by atoms with Gasteiger partial charge in [0.25, 0.3) is 0 Å². The van der Waals surface area contributed by atoms with E-state index in [4.69, 9.17) is 5.11 Å². The number of aryl methyl sites for hydroxylation is 1. The van der Waals surface area contributed by atoms with Crippen molar-refractivity contribution in [1.82, 2.24) is 0 Å². The zero-order valence-corrected chi connectivity index (χ0v) is 10.9. The predicted octanol–water partition coefficient (Wildman–Crippen LogP) is 4.26. The van der Waals surface area contributed by atoms with Crippen LogP contribution in [0, 0.1) is 6.92 Å². The number of benzene rings is 2. The second kappa shape index (κ2) is 5.47. The second-order valence-electron chi connectivity index (χ2n) is 4.38. The Bertz CT molecular complexity index is 664. The molecule has 6 heteroatoms. The minimum absolute atomic E-state index is 0.491. The minimum Gasteiger partial charge on any atom is -0.478 e. The maximum absolute atomic E-state index is 12.3. The lowest BCUT2D eigenvalue weighted by atomic mass is 9.97. The zero-order valence-electron chi connectivity index (χ0n) is 10.9. The SMILES string of the molecule is Cc1cc(OC(F)(F)F)c(C(=O)O)cc1-c1ccccc1. The molecule has 21 heavy (non-hydrogen) atoms. The summed E-state index contributed by atoms with van der Waals surface area (Å²) in [5.74, 6) is -2.20. The molecule has 0 amide bonds. The molecule has 0 heterocycles. The van der Waals surface area contributed by atoms with Gasteiger partial charge in [-0.05, 0) is 35.7 Å². The monoisotopic (exact) mass is 296 g/mol. The van der Waals surface area contributed by atoms with Crippen LogP contribution < -0.4 is 4.74 Å². The standard InChI is InChI=1S/C15H11F3O3/c1-9-7-13(21-15(16,17)18)12(14(19)20)8-11(9)10-5-3-2-4-6-10/h2-8H,1H3,(H,19,20). The summed E-state index contributed by atoms with van der Waals surface area (Å²) in [7, 11) is 0. The van der Waals surface area contributed by atoms with Crippen LogP contribution >= 0.6 is 0 Å². The van der Waals surface area contributed by atoms with Crippen LogP contribution in [0.15, 0.2) is 42.5 Å². The maximum Gasteiger partial charge on any atom is 0.573 e. The van der Waals surface area contributed by atoms with Gasteiger partial charge in [-0.2, -0.15) is 0 Å². The van der Waals surface area contributed by atoms with Crippen LogP contribution in [0.25, 0.3) is 11.1 Å². The summed E-state index contributed by atoms with van der Waals surface area (Å²) in [6.45, 7) is 1.59. The molecule has 0 saturated carbocycles. The molecule has 0 atom stereocenters. The molecule has 0 aliphatic rings. The fraction of sp³-hybridized carbons (Fsp3) is 0.133. The van der Waals surface area contributed by atoms with Crippen molar-refractivity contribution in [3.8, 4) is 16.9 Å². The maximum atomic E-state index is 12.3. The number of hydrogen-bond acceptors (Lipinski definition) is 2. The Labute approximate surface area is 118 Å². The molecule has 0 aromatic heterocycles. The Morgan fingerprint density at radius 2 is 1.76 bits per heavy atom. The first-order valence-electron chi connectivity index (χ1n) is 5.97. The Balaban J connectivity index is 2.57. The summed E-state index contributed by atoms with van der Waals surface area (Å²) in [4.78, 5) is 11.2. The van der Waals surface area contributed by atoms with Gasteiger partial charge in [0, 0.05) is 0 Å². The van der Waals surface area contributed by atoms with E-state index in [1.54, 1.807) is 37.3 Å². The summed E-state index contributed by atoms with van der Waals surface area (Å²) in [6.07, 6.45) is -4.94. The van der Waals surface area contributed by atoms with E-state index in [1.807, 2.05) is 0 Å². The normalized spacial score (nSPS) is 11.2. The van der Waals surface area contributed by atoms with Gasteiger partial charge in [0.05, 0.1) is 0 Å². The van der Waals surface area contributed by atoms with Crippen molar-refractivity contribution in [3.05, 3.63) is 53.6 Å². The third-order valence-electron chi connectivity index (χ3n) is 2.87. The molecule has 2 rings (SSSR count). The number of halogens is 3. The molecule has 0 bridgehead atoms. The quantitative estimate of drug-likeness (QED) is 0.920. The molecule has 0 aliphatic carbocycles. The first-order valence-corrected chi connectivity index (χ1v) is 5.97. The van der Waals surface area contributed by atoms with Gasteiger partial charge in [-0.15, -0.1) is 13.2 Å². The molecule has 1 N–H and O–H groups in total. The largest absolute Gasteiger partial charge is 0.573 e. The molecule has 2 aromatic rings. The third-order valence-corrected chi connectivity index (χ3v) is 2.87. The molecule has 0 fully saturated rings. The molecule has 0 aliphatic heterocycles. The summed E-state index contributed by atoms with van der Waals surface area (Å²) < 4.78 is 40.8. The van der Waals surface area contributed by atoms with Crippen LogP contribution in [-0.4, -0.2) is 17.4 Å². The number of carboxylic acid groups (broad SMARTS) is 1. The minimum atomic E-state index is -4.94. The highest BCUT2D eigenvalue weighted by atomic mass is 19.4. The van der Waals surface area contributed by atoms with E-state index in [-0.39, 0.29) is 0 Å². The van der Waals surface area contributed by atoms with Crippen molar-refractivity contribution in [2.24, 2.45) is 0 Å². The molecular weight excluding hydrogens is 285 g/mol. The van der Waals surface area contributed by atoms with Gasteiger partial charge < -0.3 is 9.84 Å². The topological polar surface area (TPSA) is 46.5 Å². The van der Waals surface area contributed by atoms with Crippen LogP contribution in [0.2, 0.25) is 0 Å². The predicted molar refractivity (Wildman–Crippen MR) is 70.3 cm³/mol. The smallest absolute Gasteiger partial charge is 0.478 e. The van der Waals surface area contributed by atoms with Crippen LogP contribution in [0.5, 0.6) is 5.75 Å². The molecular formula is C15H11F3O3. The van der Waals surface area contributed by atoms with Crippen molar-refractivity contribution < 1.29 is 27.8 Å². The van der Waals surface area contributed by atoms with E-state index in [2.05, 4.69) is 4.74 Å². The fourth-order valence-electron chi connectivity index (χ4n) is 1.99. The van der Waals surface area contributed by atoms with Gasteiger partial charge in [-0.25, -0.2) is 4.79 Å². The van der Waals surface area contributed by atoms with Crippen molar-refractivity contribution in [2.75, 3.05) is 0 Å². The highest BCUT2D eigenvalue weighted by Gasteiger charge is 2.33. The molecule has 0 radical (unpaired) electrons. The van der Waals surface area contributed by atoms with Crippen molar-refractivity contribution in [2.45, 2.75) is 13.3 Å². The number of ether oxygens (including phenoxy) is 1.